The molecule has 0 unspecified atom stereocenters. The van der Waals surface area contributed by atoms with Crippen molar-refractivity contribution in [2.45, 2.75) is 6.61 Å². The molecular formula is C8H6Cl2O2. The van der Waals surface area contributed by atoms with E-state index in [2.05, 4.69) is 4.29 Å². The summed E-state index contributed by atoms with van der Waals surface area (Å²) in [5.41, 5.74) is 1.36. The largest absolute Gasteiger partial charge is 0.276 e. The molecule has 12 heavy (non-hydrogen) atoms. The topological polar surface area (TPSA) is 26.3 Å². The highest BCUT2D eigenvalue weighted by atomic mass is 35.5. The molecule has 1 aromatic carbocycles. The van der Waals surface area contributed by atoms with Gasteiger partial charge in [0.15, 0.2) is 0 Å². The molecule has 0 radical (unpaired) electrons. The first kappa shape index (κ1) is 9.52. The third-order valence-electron chi connectivity index (χ3n) is 1.40. The minimum absolute atomic E-state index is 0.318. The summed E-state index contributed by atoms with van der Waals surface area (Å²) in [4.78, 5) is 10.6. The lowest BCUT2D eigenvalue weighted by molar-refractivity contribution is 0.108. The van der Waals surface area contributed by atoms with Crippen molar-refractivity contribution in [3.05, 3.63) is 35.4 Å². The van der Waals surface area contributed by atoms with Crippen molar-refractivity contribution in [2.75, 3.05) is 0 Å². The van der Waals surface area contributed by atoms with Crippen LogP contribution in [0.3, 0.4) is 0 Å². The second-order valence-corrected chi connectivity index (χ2v) is 2.79. The third-order valence-corrected chi connectivity index (χ3v) is 1.73. The van der Waals surface area contributed by atoms with E-state index in [1.807, 2.05) is 0 Å². The van der Waals surface area contributed by atoms with Gasteiger partial charge >= 0.3 is 0 Å². The number of hydrogen-bond acceptors (Lipinski definition) is 2. The highest BCUT2D eigenvalue weighted by Crippen LogP contribution is 2.08. The van der Waals surface area contributed by atoms with Gasteiger partial charge in [0, 0.05) is 5.56 Å². The fourth-order valence-corrected chi connectivity index (χ4v) is 1.05. The number of carbonyl (C=O) groups is 1. The monoisotopic (exact) mass is 204 g/mol. The molecule has 0 heterocycles. The van der Waals surface area contributed by atoms with Crippen LogP contribution in [0.2, 0.25) is 0 Å². The Hall–Kier alpha value is -0.570. The van der Waals surface area contributed by atoms with E-state index in [1.54, 1.807) is 24.3 Å². The maximum atomic E-state index is 10.6. The van der Waals surface area contributed by atoms with Gasteiger partial charge in [-0.1, -0.05) is 12.1 Å². The molecule has 64 valence electrons. The Balaban J connectivity index is 2.78. The van der Waals surface area contributed by atoms with E-state index in [0.717, 1.165) is 5.56 Å². The van der Waals surface area contributed by atoms with Crippen molar-refractivity contribution < 1.29 is 9.08 Å². The normalized spacial score (nSPS) is 9.83. The molecule has 4 heteroatoms. The number of halogens is 2. The second kappa shape index (κ2) is 4.45. The molecule has 0 amide bonds. The van der Waals surface area contributed by atoms with Crippen LogP contribution in [0.4, 0.5) is 0 Å². The van der Waals surface area contributed by atoms with Crippen molar-refractivity contribution in [1.82, 2.24) is 0 Å². The molecule has 0 atom stereocenters. The van der Waals surface area contributed by atoms with Gasteiger partial charge < -0.3 is 0 Å². The highest BCUT2D eigenvalue weighted by molar-refractivity contribution is 6.67. The molecule has 2 nitrogen and oxygen atoms in total. The van der Waals surface area contributed by atoms with Crippen molar-refractivity contribution in [1.29, 1.82) is 0 Å². The molecule has 0 bridgehead atoms. The zero-order valence-electron chi connectivity index (χ0n) is 6.09. The first-order valence-corrected chi connectivity index (χ1v) is 3.95. The van der Waals surface area contributed by atoms with Crippen LogP contribution in [0.1, 0.15) is 15.9 Å². The molecule has 1 rings (SSSR count). The standard InChI is InChI=1S/C8H6Cl2O2/c9-8(11)7-3-1-6(2-4-7)5-12-10/h1-4H,5H2. The van der Waals surface area contributed by atoms with E-state index < -0.39 is 5.24 Å². The Morgan fingerprint density at radius 1 is 1.33 bits per heavy atom. The van der Waals surface area contributed by atoms with E-state index in [0.29, 0.717) is 12.2 Å². The van der Waals surface area contributed by atoms with E-state index in [9.17, 15) is 4.79 Å². The van der Waals surface area contributed by atoms with E-state index in [-0.39, 0.29) is 0 Å². The summed E-state index contributed by atoms with van der Waals surface area (Å²) < 4.78 is 4.38. The maximum Gasteiger partial charge on any atom is 0.252 e. The van der Waals surface area contributed by atoms with Crippen LogP contribution in [0, 0.1) is 0 Å². The Morgan fingerprint density at radius 3 is 2.33 bits per heavy atom. The Labute approximate surface area is 80.2 Å². The number of carbonyl (C=O) groups excluding carboxylic acids is 1. The minimum Gasteiger partial charge on any atom is -0.276 e. The van der Waals surface area contributed by atoms with E-state index in [1.165, 1.54) is 0 Å². The summed E-state index contributed by atoms with van der Waals surface area (Å²) in [6.45, 7) is 0.318. The van der Waals surface area contributed by atoms with Gasteiger partial charge in [-0.15, -0.1) is 0 Å². The first-order valence-electron chi connectivity index (χ1n) is 3.26. The molecule has 0 aliphatic carbocycles. The average molecular weight is 205 g/mol. The number of benzene rings is 1. The summed E-state index contributed by atoms with van der Waals surface area (Å²) in [5, 5.41) is -0.464. The van der Waals surface area contributed by atoms with Crippen molar-refractivity contribution in [3.8, 4) is 0 Å². The predicted molar refractivity (Wildman–Crippen MR) is 47.3 cm³/mol. The van der Waals surface area contributed by atoms with Crippen LogP contribution in [0.15, 0.2) is 24.3 Å². The zero-order chi connectivity index (χ0) is 8.97. The van der Waals surface area contributed by atoms with Gasteiger partial charge in [0.05, 0.1) is 18.5 Å². The van der Waals surface area contributed by atoms with Crippen molar-refractivity contribution in [3.63, 3.8) is 0 Å². The zero-order valence-corrected chi connectivity index (χ0v) is 7.60. The fourth-order valence-electron chi connectivity index (χ4n) is 0.795. The summed E-state index contributed by atoms with van der Waals surface area (Å²) >= 11 is 10.3. The molecule has 0 saturated heterocycles. The van der Waals surface area contributed by atoms with Crippen LogP contribution < -0.4 is 0 Å². The summed E-state index contributed by atoms with van der Waals surface area (Å²) in [6.07, 6.45) is 0. The number of rotatable bonds is 3. The quantitative estimate of drug-likeness (QED) is 0.709. The van der Waals surface area contributed by atoms with Gasteiger partial charge in [-0.2, -0.15) is 0 Å². The third kappa shape index (κ3) is 2.48. The lowest BCUT2D eigenvalue weighted by atomic mass is 10.2. The Morgan fingerprint density at radius 2 is 1.92 bits per heavy atom. The first-order chi connectivity index (χ1) is 5.74. The highest BCUT2D eigenvalue weighted by Gasteiger charge is 2.00. The van der Waals surface area contributed by atoms with E-state index >= 15 is 0 Å². The molecule has 0 aliphatic rings. The van der Waals surface area contributed by atoms with Crippen LogP contribution in [-0.2, 0) is 10.9 Å². The van der Waals surface area contributed by atoms with Gasteiger partial charge in [-0.3, -0.25) is 9.08 Å². The summed E-state index contributed by atoms with van der Waals surface area (Å²) in [7, 11) is 0. The molecule has 1 aromatic rings. The van der Waals surface area contributed by atoms with Crippen LogP contribution in [0.5, 0.6) is 0 Å². The van der Waals surface area contributed by atoms with Crippen LogP contribution >= 0.6 is 23.5 Å². The van der Waals surface area contributed by atoms with Gasteiger partial charge in [0.2, 0.25) is 0 Å². The molecule has 0 fully saturated rings. The lowest BCUT2D eigenvalue weighted by Crippen LogP contribution is -1.89. The molecular weight excluding hydrogens is 199 g/mol. The fraction of sp³-hybridized carbons (Fsp3) is 0.125. The van der Waals surface area contributed by atoms with E-state index in [4.69, 9.17) is 23.5 Å². The lowest BCUT2D eigenvalue weighted by Gasteiger charge is -1.97. The molecule has 0 spiro atoms. The minimum atomic E-state index is -0.464. The Bertz CT molecular complexity index is 269. The molecule has 0 N–H and O–H groups in total. The van der Waals surface area contributed by atoms with Gasteiger partial charge in [0.25, 0.3) is 5.24 Å². The van der Waals surface area contributed by atoms with Crippen LogP contribution in [0.25, 0.3) is 0 Å². The van der Waals surface area contributed by atoms with Gasteiger partial charge in [-0.05, 0) is 29.3 Å². The van der Waals surface area contributed by atoms with Gasteiger partial charge in [0.1, 0.15) is 0 Å². The second-order valence-electron chi connectivity index (χ2n) is 2.22. The average Bonchev–Trinajstić information content (AvgIpc) is 2.06. The number of hydrogen-bond donors (Lipinski definition) is 0. The predicted octanol–water partition coefficient (Wildman–Crippen LogP) is 2.74. The molecule has 0 saturated carbocycles. The van der Waals surface area contributed by atoms with Crippen molar-refractivity contribution >= 4 is 28.7 Å². The summed E-state index contributed by atoms with van der Waals surface area (Å²) in [6, 6.07) is 6.72. The smallest absolute Gasteiger partial charge is 0.252 e. The maximum absolute atomic E-state index is 10.6. The summed E-state index contributed by atoms with van der Waals surface area (Å²) in [5.74, 6) is 0. The SMILES string of the molecule is O=C(Cl)c1ccc(COCl)cc1. The van der Waals surface area contributed by atoms with Gasteiger partial charge in [-0.25, -0.2) is 0 Å². The van der Waals surface area contributed by atoms with Crippen molar-refractivity contribution in [2.24, 2.45) is 0 Å². The molecule has 0 aromatic heterocycles. The Kier molecular flexibility index (Phi) is 3.53. The van der Waals surface area contributed by atoms with Crippen LogP contribution in [-0.4, -0.2) is 5.24 Å². The molecule has 0 aliphatic heterocycles.